The second kappa shape index (κ2) is 7.77. The number of aromatic amines is 1. The fourth-order valence-corrected chi connectivity index (χ4v) is 2.64. The molecule has 3 aromatic rings. The Balaban J connectivity index is 1.45. The van der Waals surface area contributed by atoms with Gasteiger partial charge in [-0.25, -0.2) is 8.78 Å². The monoisotopic (exact) mass is 357 g/mol. The summed E-state index contributed by atoms with van der Waals surface area (Å²) in [6.07, 6.45) is 2.55. The first-order chi connectivity index (χ1) is 12.5. The van der Waals surface area contributed by atoms with E-state index in [0.29, 0.717) is 13.0 Å². The predicted octanol–water partition coefficient (Wildman–Crippen LogP) is 2.53. The van der Waals surface area contributed by atoms with Crippen molar-refractivity contribution >= 4 is 22.7 Å². The zero-order chi connectivity index (χ0) is 18.5. The number of benzene rings is 2. The zero-order valence-corrected chi connectivity index (χ0v) is 13.8. The Morgan fingerprint density at radius 1 is 1.00 bits per heavy atom. The van der Waals surface area contributed by atoms with Gasteiger partial charge in [-0.3, -0.25) is 9.59 Å². The van der Waals surface area contributed by atoms with Gasteiger partial charge >= 0.3 is 0 Å². The van der Waals surface area contributed by atoms with Crippen LogP contribution >= 0.6 is 0 Å². The number of carbonyl (C=O) groups excluding carboxylic acids is 2. The third-order valence-electron chi connectivity index (χ3n) is 3.98. The number of carbonyl (C=O) groups is 2. The van der Waals surface area contributed by atoms with Gasteiger partial charge in [0.15, 0.2) is 11.6 Å². The van der Waals surface area contributed by atoms with Crippen molar-refractivity contribution in [2.24, 2.45) is 0 Å². The molecule has 0 unspecified atom stereocenters. The van der Waals surface area contributed by atoms with E-state index in [4.69, 9.17) is 0 Å². The van der Waals surface area contributed by atoms with Crippen molar-refractivity contribution in [2.75, 3.05) is 13.1 Å². The smallest absolute Gasteiger partial charge is 0.251 e. The number of H-pyrrole nitrogens is 1. The van der Waals surface area contributed by atoms with Crippen molar-refractivity contribution in [3.05, 3.63) is 71.4 Å². The van der Waals surface area contributed by atoms with Crippen molar-refractivity contribution in [1.29, 1.82) is 0 Å². The van der Waals surface area contributed by atoms with Crippen LogP contribution in [-0.2, 0) is 11.2 Å². The summed E-state index contributed by atoms with van der Waals surface area (Å²) in [7, 11) is 0. The molecule has 0 aliphatic carbocycles. The molecule has 0 aliphatic rings. The van der Waals surface area contributed by atoms with E-state index in [1.165, 1.54) is 0 Å². The SMILES string of the molecule is O=C(CNC(=O)c1ccc(F)c(F)c1)NCCc1c[nH]c2ccccc12. The summed E-state index contributed by atoms with van der Waals surface area (Å²) in [6, 6.07) is 10.7. The Morgan fingerprint density at radius 3 is 2.62 bits per heavy atom. The number of hydrogen-bond acceptors (Lipinski definition) is 2. The topological polar surface area (TPSA) is 74.0 Å². The van der Waals surface area contributed by atoms with Crippen molar-refractivity contribution in [1.82, 2.24) is 15.6 Å². The number of halogens is 2. The lowest BCUT2D eigenvalue weighted by molar-refractivity contribution is -0.120. The average molecular weight is 357 g/mol. The Bertz CT molecular complexity index is 953. The van der Waals surface area contributed by atoms with Gasteiger partial charge in [0.05, 0.1) is 6.54 Å². The number of fused-ring (bicyclic) bond motifs is 1. The highest BCUT2D eigenvalue weighted by Gasteiger charge is 2.11. The fraction of sp³-hybridized carbons (Fsp3) is 0.158. The van der Waals surface area contributed by atoms with Gasteiger partial charge in [0, 0.05) is 29.2 Å². The maximum atomic E-state index is 13.1. The van der Waals surface area contributed by atoms with E-state index in [9.17, 15) is 18.4 Å². The molecular weight excluding hydrogens is 340 g/mol. The molecule has 0 atom stereocenters. The lowest BCUT2D eigenvalue weighted by atomic mass is 10.1. The van der Waals surface area contributed by atoms with Gasteiger partial charge in [0.2, 0.25) is 5.91 Å². The highest BCUT2D eigenvalue weighted by Crippen LogP contribution is 2.17. The zero-order valence-electron chi connectivity index (χ0n) is 13.8. The van der Waals surface area contributed by atoms with Crippen LogP contribution in [0.3, 0.4) is 0 Å². The largest absolute Gasteiger partial charge is 0.361 e. The van der Waals surface area contributed by atoms with Gasteiger partial charge in [-0.15, -0.1) is 0 Å². The van der Waals surface area contributed by atoms with E-state index in [1.807, 2.05) is 30.5 Å². The Morgan fingerprint density at radius 2 is 1.81 bits per heavy atom. The second-order valence-corrected chi connectivity index (χ2v) is 5.77. The molecule has 0 fully saturated rings. The van der Waals surface area contributed by atoms with E-state index < -0.39 is 17.5 Å². The quantitative estimate of drug-likeness (QED) is 0.634. The average Bonchev–Trinajstić information content (AvgIpc) is 3.05. The lowest BCUT2D eigenvalue weighted by Crippen LogP contribution is -2.37. The highest BCUT2D eigenvalue weighted by molar-refractivity contribution is 5.96. The number of amides is 2. The standard InChI is InChI=1S/C19H17F2N3O2/c20-15-6-5-12(9-16(15)21)19(26)24-11-18(25)22-8-7-13-10-23-17-4-2-1-3-14(13)17/h1-6,9-10,23H,7-8,11H2,(H,22,25)(H,24,26). The lowest BCUT2D eigenvalue weighted by Gasteiger charge is -2.07. The molecule has 0 saturated carbocycles. The first kappa shape index (κ1) is 17.6. The molecule has 2 aromatic carbocycles. The van der Waals surface area contributed by atoms with Gasteiger partial charge < -0.3 is 15.6 Å². The molecule has 2 amide bonds. The molecule has 134 valence electrons. The van der Waals surface area contributed by atoms with Crippen molar-refractivity contribution in [3.8, 4) is 0 Å². The van der Waals surface area contributed by atoms with Crippen LogP contribution < -0.4 is 10.6 Å². The number of hydrogen-bond donors (Lipinski definition) is 3. The summed E-state index contributed by atoms with van der Waals surface area (Å²) in [5.74, 6) is -3.14. The molecular formula is C19H17F2N3O2. The van der Waals surface area contributed by atoms with Crippen LogP contribution in [-0.4, -0.2) is 29.9 Å². The third-order valence-corrected chi connectivity index (χ3v) is 3.98. The number of aromatic nitrogens is 1. The molecule has 7 heteroatoms. The van der Waals surface area contributed by atoms with Crippen LogP contribution in [0.25, 0.3) is 10.9 Å². The first-order valence-electron chi connectivity index (χ1n) is 8.09. The van der Waals surface area contributed by atoms with Crippen LogP contribution in [0.5, 0.6) is 0 Å². The minimum absolute atomic E-state index is 0.0458. The van der Waals surface area contributed by atoms with Gasteiger partial charge in [-0.1, -0.05) is 18.2 Å². The molecule has 3 N–H and O–H groups in total. The molecule has 3 rings (SSSR count). The summed E-state index contributed by atoms with van der Waals surface area (Å²) in [5.41, 5.74) is 2.08. The fourth-order valence-electron chi connectivity index (χ4n) is 2.64. The van der Waals surface area contributed by atoms with Crippen LogP contribution in [0.4, 0.5) is 8.78 Å². The Hall–Kier alpha value is -3.22. The summed E-state index contributed by atoms with van der Waals surface area (Å²) >= 11 is 0. The van der Waals surface area contributed by atoms with E-state index in [1.54, 1.807) is 0 Å². The predicted molar refractivity (Wildman–Crippen MR) is 93.7 cm³/mol. The molecule has 1 aromatic heterocycles. The number of rotatable bonds is 6. The molecule has 26 heavy (non-hydrogen) atoms. The Kier molecular flexibility index (Phi) is 5.26. The highest BCUT2D eigenvalue weighted by atomic mass is 19.2. The van der Waals surface area contributed by atoms with Gasteiger partial charge in [-0.2, -0.15) is 0 Å². The van der Waals surface area contributed by atoms with Gasteiger partial charge in [-0.05, 0) is 36.2 Å². The van der Waals surface area contributed by atoms with Crippen molar-refractivity contribution in [3.63, 3.8) is 0 Å². The third kappa shape index (κ3) is 4.05. The molecule has 0 bridgehead atoms. The second-order valence-electron chi connectivity index (χ2n) is 5.77. The molecule has 0 aliphatic heterocycles. The van der Waals surface area contributed by atoms with Crippen molar-refractivity contribution < 1.29 is 18.4 Å². The first-order valence-corrected chi connectivity index (χ1v) is 8.09. The number of para-hydroxylation sites is 1. The summed E-state index contributed by atoms with van der Waals surface area (Å²) in [6.45, 7) is 0.174. The normalized spacial score (nSPS) is 10.7. The molecule has 0 radical (unpaired) electrons. The summed E-state index contributed by atoms with van der Waals surface area (Å²) < 4.78 is 26.0. The minimum atomic E-state index is -1.11. The molecule has 0 spiro atoms. The van der Waals surface area contributed by atoms with Gasteiger partial charge in [0.25, 0.3) is 5.91 Å². The van der Waals surface area contributed by atoms with Crippen LogP contribution in [0.1, 0.15) is 15.9 Å². The van der Waals surface area contributed by atoms with E-state index in [0.717, 1.165) is 34.7 Å². The summed E-state index contributed by atoms with van der Waals surface area (Å²) in [5, 5.41) is 6.19. The minimum Gasteiger partial charge on any atom is -0.361 e. The molecule has 5 nitrogen and oxygen atoms in total. The number of nitrogens with one attached hydrogen (secondary N) is 3. The maximum absolute atomic E-state index is 13.1. The van der Waals surface area contributed by atoms with E-state index in [2.05, 4.69) is 15.6 Å². The summed E-state index contributed by atoms with van der Waals surface area (Å²) in [4.78, 5) is 26.8. The Labute approximate surface area is 148 Å². The molecule has 0 saturated heterocycles. The van der Waals surface area contributed by atoms with E-state index in [-0.39, 0.29) is 18.0 Å². The van der Waals surface area contributed by atoms with E-state index >= 15 is 0 Å². The van der Waals surface area contributed by atoms with Crippen molar-refractivity contribution in [2.45, 2.75) is 6.42 Å². The maximum Gasteiger partial charge on any atom is 0.251 e. The van der Waals surface area contributed by atoms with Crippen LogP contribution in [0, 0.1) is 11.6 Å². The van der Waals surface area contributed by atoms with Crippen LogP contribution in [0.15, 0.2) is 48.7 Å². The van der Waals surface area contributed by atoms with Crippen LogP contribution in [0.2, 0.25) is 0 Å². The van der Waals surface area contributed by atoms with Gasteiger partial charge in [0.1, 0.15) is 0 Å². The molecule has 1 heterocycles.